The van der Waals surface area contributed by atoms with E-state index in [-0.39, 0.29) is 23.8 Å². The quantitative estimate of drug-likeness (QED) is 0.787. The highest BCUT2D eigenvalue weighted by Gasteiger charge is 2.22. The molecule has 0 aliphatic rings. The van der Waals surface area contributed by atoms with E-state index < -0.39 is 11.4 Å². The molecule has 0 fully saturated rings. The van der Waals surface area contributed by atoms with Gasteiger partial charge in [0.15, 0.2) is 0 Å². The maximum Gasteiger partial charge on any atom is 0.339 e. The third kappa shape index (κ3) is 5.07. The number of benzene rings is 1. The van der Waals surface area contributed by atoms with Crippen molar-refractivity contribution in [3.05, 3.63) is 23.8 Å². The molecule has 0 heterocycles. The van der Waals surface area contributed by atoms with Crippen LogP contribution in [0.3, 0.4) is 0 Å². The molecule has 0 unspecified atom stereocenters. The van der Waals surface area contributed by atoms with Crippen LogP contribution >= 0.6 is 0 Å². The zero-order chi connectivity index (χ0) is 16.0. The zero-order valence-electron chi connectivity index (χ0n) is 12.7. The minimum atomic E-state index is -1.12. The number of hydrogen-bond donors (Lipinski definition) is 2. The number of carbonyl (C=O) groups excluding carboxylic acids is 1. The minimum Gasteiger partial charge on any atom is -0.490 e. The number of carbonyl (C=O) groups is 2. The van der Waals surface area contributed by atoms with Gasteiger partial charge in [-0.15, -0.1) is 0 Å². The zero-order valence-corrected chi connectivity index (χ0v) is 12.7. The Bertz CT molecular complexity index is 519. The van der Waals surface area contributed by atoms with E-state index in [2.05, 4.69) is 5.32 Å². The first-order chi connectivity index (χ1) is 9.75. The molecule has 0 aliphatic carbocycles. The van der Waals surface area contributed by atoms with E-state index in [9.17, 15) is 14.7 Å². The molecule has 0 bridgehead atoms. The number of aromatic carboxylic acids is 1. The first kappa shape index (κ1) is 17.0. The Labute approximate surface area is 124 Å². The molecule has 2 N–H and O–H groups in total. The highest BCUT2D eigenvalue weighted by atomic mass is 16.5. The summed E-state index contributed by atoms with van der Waals surface area (Å²) in [6.45, 7) is 5.96. The highest BCUT2D eigenvalue weighted by molar-refractivity contribution is 5.97. The molecule has 1 amide bonds. The van der Waals surface area contributed by atoms with Crippen LogP contribution in [0.25, 0.3) is 0 Å². The van der Waals surface area contributed by atoms with Crippen LogP contribution in [0.2, 0.25) is 0 Å². The van der Waals surface area contributed by atoms with E-state index in [1.54, 1.807) is 26.8 Å². The van der Waals surface area contributed by atoms with Gasteiger partial charge in [0.05, 0.1) is 6.61 Å². The highest BCUT2D eigenvalue weighted by Crippen LogP contribution is 2.24. The van der Waals surface area contributed by atoms with Gasteiger partial charge in [-0.1, -0.05) is 20.8 Å². The summed E-state index contributed by atoms with van der Waals surface area (Å²) in [6, 6.07) is 4.52. The predicted octanol–water partition coefficient (Wildman–Crippen LogP) is 2.39. The number of amides is 1. The van der Waals surface area contributed by atoms with Crippen molar-refractivity contribution < 1.29 is 24.2 Å². The standard InChI is InChI=1S/C15H21NO5/c1-15(2,3)14(19)16-10-5-6-12(21-8-7-20-4)11(9-10)13(17)18/h5-6,9H,7-8H2,1-4H3,(H,16,19)(H,17,18). The van der Waals surface area contributed by atoms with Crippen molar-refractivity contribution >= 4 is 17.6 Å². The Morgan fingerprint density at radius 1 is 1.24 bits per heavy atom. The molecule has 0 radical (unpaired) electrons. The first-order valence-electron chi connectivity index (χ1n) is 6.56. The fourth-order valence-electron chi connectivity index (χ4n) is 1.45. The summed E-state index contributed by atoms with van der Waals surface area (Å²) in [5.74, 6) is -1.06. The summed E-state index contributed by atoms with van der Waals surface area (Å²) < 4.78 is 10.2. The predicted molar refractivity (Wildman–Crippen MR) is 78.9 cm³/mol. The van der Waals surface area contributed by atoms with Gasteiger partial charge in [-0.3, -0.25) is 4.79 Å². The maximum atomic E-state index is 11.9. The number of ether oxygens (including phenoxy) is 2. The van der Waals surface area contributed by atoms with Gasteiger partial charge in [0.1, 0.15) is 17.9 Å². The van der Waals surface area contributed by atoms with Crippen molar-refractivity contribution in [2.45, 2.75) is 20.8 Å². The summed E-state index contributed by atoms with van der Waals surface area (Å²) in [5.41, 5.74) is -0.138. The average Bonchev–Trinajstić information content (AvgIpc) is 2.39. The van der Waals surface area contributed by atoms with E-state index in [1.807, 2.05) is 0 Å². The lowest BCUT2D eigenvalue weighted by molar-refractivity contribution is -0.123. The van der Waals surface area contributed by atoms with Gasteiger partial charge in [-0.05, 0) is 18.2 Å². The lowest BCUT2D eigenvalue weighted by Crippen LogP contribution is -2.27. The van der Waals surface area contributed by atoms with Crippen molar-refractivity contribution in [3.8, 4) is 5.75 Å². The van der Waals surface area contributed by atoms with Crippen molar-refractivity contribution in [2.24, 2.45) is 5.41 Å². The van der Waals surface area contributed by atoms with Crippen molar-refractivity contribution in [3.63, 3.8) is 0 Å². The summed E-state index contributed by atoms with van der Waals surface area (Å²) in [5, 5.41) is 11.9. The molecule has 21 heavy (non-hydrogen) atoms. The number of methoxy groups -OCH3 is 1. The summed E-state index contributed by atoms with van der Waals surface area (Å²) >= 11 is 0. The monoisotopic (exact) mass is 295 g/mol. The van der Waals surface area contributed by atoms with E-state index in [0.717, 1.165) is 0 Å². The first-order valence-corrected chi connectivity index (χ1v) is 6.56. The Kier molecular flexibility index (Phi) is 5.72. The van der Waals surface area contributed by atoms with E-state index in [0.29, 0.717) is 12.3 Å². The number of rotatable bonds is 6. The summed E-state index contributed by atoms with van der Waals surface area (Å²) in [4.78, 5) is 23.2. The molecule has 0 saturated heterocycles. The number of anilines is 1. The number of hydrogen-bond acceptors (Lipinski definition) is 4. The molecule has 1 aromatic rings. The molecular formula is C15H21NO5. The van der Waals surface area contributed by atoms with Gasteiger partial charge in [0.2, 0.25) is 5.91 Å². The second kappa shape index (κ2) is 7.08. The smallest absolute Gasteiger partial charge is 0.339 e. The second-order valence-corrected chi connectivity index (χ2v) is 5.56. The van der Waals surface area contributed by atoms with Crippen LogP contribution in [-0.4, -0.2) is 37.3 Å². The third-order valence-electron chi connectivity index (χ3n) is 2.69. The molecule has 0 atom stereocenters. The molecule has 6 nitrogen and oxygen atoms in total. The Morgan fingerprint density at radius 2 is 1.90 bits per heavy atom. The van der Waals surface area contributed by atoms with E-state index in [4.69, 9.17) is 9.47 Å². The topological polar surface area (TPSA) is 84.9 Å². The van der Waals surface area contributed by atoms with E-state index in [1.165, 1.54) is 19.2 Å². The summed E-state index contributed by atoms with van der Waals surface area (Å²) in [6.07, 6.45) is 0. The lowest BCUT2D eigenvalue weighted by atomic mass is 9.95. The SMILES string of the molecule is COCCOc1ccc(NC(=O)C(C)(C)C)cc1C(=O)O. The number of carboxylic acid groups (broad SMARTS) is 1. The van der Waals surface area contributed by atoms with Gasteiger partial charge >= 0.3 is 5.97 Å². The van der Waals surface area contributed by atoms with Crippen LogP contribution in [0, 0.1) is 5.41 Å². The molecule has 0 aromatic heterocycles. The van der Waals surface area contributed by atoms with Crippen LogP contribution < -0.4 is 10.1 Å². The van der Waals surface area contributed by atoms with Gasteiger partial charge in [-0.2, -0.15) is 0 Å². The molecule has 116 valence electrons. The van der Waals surface area contributed by atoms with Gasteiger partial charge in [0.25, 0.3) is 0 Å². The van der Waals surface area contributed by atoms with Gasteiger partial charge < -0.3 is 19.9 Å². The third-order valence-corrected chi connectivity index (χ3v) is 2.69. The van der Waals surface area contributed by atoms with Crippen molar-refractivity contribution in [1.82, 2.24) is 0 Å². The van der Waals surface area contributed by atoms with Crippen LogP contribution in [0.15, 0.2) is 18.2 Å². The van der Waals surface area contributed by atoms with Crippen LogP contribution in [0.1, 0.15) is 31.1 Å². The lowest BCUT2D eigenvalue weighted by Gasteiger charge is -2.18. The number of nitrogens with one attached hydrogen (secondary N) is 1. The molecule has 0 aliphatic heterocycles. The van der Waals surface area contributed by atoms with E-state index >= 15 is 0 Å². The van der Waals surface area contributed by atoms with Crippen molar-refractivity contribution in [2.75, 3.05) is 25.6 Å². The number of carboxylic acids is 1. The molecule has 1 aromatic carbocycles. The van der Waals surface area contributed by atoms with Gasteiger partial charge in [-0.25, -0.2) is 4.79 Å². The Morgan fingerprint density at radius 3 is 2.43 bits per heavy atom. The van der Waals surface area contributed by atoms with Gasteiger partial charge in [0, 0.05) is 18.2 Å². The molecule has 0 spiro atoms. The molecule has 0 saturated carbocycles. The van der Waals surface area contributed by atoms with Crippen LogP contribution in [0.5, 0.6) is 5.75 Å². The molecule has 6 heteroatoms. The Hall–Kier alpha value is -2.08. The fourth-order valence-corrected chi connectivity index (χ4v) is 1.45. The Balaban J connectivity index is 2.93. The second-order valence-electron chi connectivity index (χ2n) is 5.56. The fraction of sp³-hybridized carbons (Fsp3) is 0.467. The molecular weight excluding hydrogens is 274 g/mol. The summed E-state index contributed by atoms with van der Waals surface area (Å²) in [7, 11) is 1.53. The largest absolute Gasteiger partial charge is 0.490 e. The normalized spacial score (nSPS) is 11.0. The van der Waals surface area contributed by atoms with Crippen molar-refractivity contribution in [1.29, 1.82) is 0 Å². The van der Waals surface area contributed by atoms with Crippen LogP contribution in [-0.2, 0) is 9.53 Å². The average molecular weight is 295 g/mol. The minimum absolute atomic E-state index is 0.00203. The molecule has 1 rings (SSSR count). The maximum absolute atomic E-state index is 11.9. The van der Waals surface area contributed by atoms with Crippen LogP contribution in [0.4, 0.5) is 5.69 Å².